The van der Waals surface area contributed by atoms with Crippen LogP contribution in [-0.4, -0.2) is 34.9 Å². The van der Waals surface area contributed by atoms with Crippen molar-refractivity contribution >= 4 is 17.7 Å². The molecule has 0 radical (unpaired) electrons. The van der Waals surface area contributed by atoms with Gasteiger partial charge in [-0.3, -0.25) is 9.59 Å². The van der Waals surface area contributed by atoms with E-state index in [1.54, 1.807) is 19.9 Å². The van der Waals surface area contributed by atoms with Crippen LogP contribution in [0.3, 0.4) is 0 Å². The lowest BCUT2D eigenvalue weighted by atomic mass is 10.0. The fraction of sp³-hybridized carbons (Fsp3) is 0.381. The Balaban J connectivity index is 2.02. The lowest BCUT2D eigenvalue weighted by Gasteiger charge is -2.20. The molecule has 1 atom stereocenters. The number of nitrogens with zero attached hydrogens (tertiary/aromatic N) is 1. The predicted molar refractivity (Wildman–Crippen MR) is 103 cm³/mol. The molecule has 7 heteroatoms. The van der Waals surface area contributed by atoms with Crippen LogP contribution in [0.1, 0.15) is 46.0 Å². The maximum Gasteiger partial charge on any atom is 0.329 e. The Morgan fingerprint density at radius 3 is 2.25 bits per heavy atom. The van der Waals surface area contributed by atoms with Crippen molar-refractivity contribution in [2.75, 3.05) is 6.61 Å². The molecule has 0 unspecified atom stereocenters. The lowest BCUT2D eigenvalue weighted by molar-refractivity contribution is -0.145. The summed E-state index contributed by atoms with van der Waals surface area (Å²) in [4.78, 5) is 37.1. The van der Waals surface area contributed by atoms with E-state index in [9.17, 15) is 18.8 Å². The van der Waals surface area contributed by atoms with E-state index in [0.717, 1.165) is 11.4 Å². The van der Waals surface area contributed by atoms with E-state index in [-0.39, 0.29) is 17.3 Å². The first-order valence-electron chi connectivity index (χ1n) is 9.01. The van der Waals surface area contributed by atoms with Crippen molar-refractivity contribution in [2.24, 2.45) is 13.0 Å². The average Bonchev–Trinajstić information content (AvgIpc) is 2.91. The van der Waals surface area contributed by atoms with Crippen LogP contribution in [0.15, 0.2) is 30.3 Å². The molecule has 1 aromatic carbocycles. The summed E-state index contributed by atoms with van der Waals surface area (Å²) in [6.07, 6.45) is 0. The van der Waals surface area contributed by atoms with Gasteiger partial charge in [-0.05, 0) is 50.1 Å². The van der Waals surface area contributed by atoms with Gasteiger partial charge in [0.25, 0.3) is 5.91 Å². The molecule has 1 heterocycles. The van der Waals surface area contributed by atoms with Crippen molar-refractivity contribution < 1.29 is 23.5 Å². The lowest BCUT2D eigenvalue weighted by Crippen LogP contribution is -2.45. The Morgan fingerprint density at radius 1 is 1.14 bits per heavy atom. The summed E-state index contributed by atoms with van der Waals surface area (Å²) in [5.74, 6) is -2.23. The van der Waals surface area contributed by atoms with E-state index >= 15 is 0 Å². The van der Waals surface area contributed by atoms with Gasteiger partial charge in [0, 0.05) is 29.6 Å². The third-order valence-corrected chi connectivity index (χ3v) is 4.73. The molecule has 1 aromatic heterocycles. The maximum absolute atomic E-state index is 13.0. The molecule has 6 nitrogen and oxygen atoms in total. The number of carbonyl (C=O) groups excluding carboxylic acids is 3. The van der Waals surface area contributed by atoms with Crippen LogP contribution in [0.2, 0.25) is 0 Å². The van der Waals surface area contributed by atoms with Gasteiger partial charge in [0.15, 0.2) is 6.61 Å². The van der Waals surface area contributed by atoms with E-state index in [0.29, 0.717) is 5.56 Å². The number of nitrogens with one attached hydrogen (secondary N) is 1. The predicted octanol–water partition coefficient (Wildman–Crippen LogP) is 2.96. The van der Waals surface area contributed by atoms with Gasteiger partial charge in [-0.1, -0.05) is 13.8 Å². The number of aryl methyl sites for hydroxylation is 1. The molecule has 0 saturated heterocycles. The van der Waals surface area contributed by atoms with Crippen molar-refractivity contribution in [1.82, 2.24) is 9.88 Å². The molecule has 1 N–H and O–H groups in total. The number of aromatic nitrogens is 1. The minimum absolute atomic E-state index is 0.228. The van der Waals surface area contributed by atoms with Gasteiger partial charge >= 0.3 is 5.97 Å². The number of rotatable bonds is 7. The Labute approximate surface area is 163 Å². The van der Waals surface area contributed by atoms with Gasteiger partial charge in [0.05, 0.1) is 0 Å². The second-order valence-electron chi connectivity index (χ2n) is 7.08. The molecule has 0 bridgehead atoms. The first kappa shape index (κ1) is 21.3. The number of esters is 1. The molecule has 1 amide bonds. The van der Waals surface area contributed by atoms with E-state index in [2.05, 4.69) is 5.32 Å². The highest BCUT2D eigenvalue weighted by Crippen LogP contribution is 2.14. The van der Waals surface area contributed by atoms with Gasteiger partial charge in [-0.2, -0.15) is 0 Å². The van der Waals surface area contributed by atoms with Crippen molar-refractivity contribution in [3.8, 4) is 0 Å². The largest absolute Gasteiger partial charge is 0.456 e. The number of carbonyl (C=O) groups is 3. The molecule has 0 aliphatic rings. The number of amides is 1. The summed E-state index contributed by atoms with van der Waals surface area (Å²) in [5, 5.41) is 2.59. The number of ketones is 1. The quantitative estimate of drug-likeness (QED) is 0.584. The summed E-state index contributed by atoms with van der Waals surface area (Å²) in [7, 11) is 1.85. The summed E-state index contributed by atoms with van der Waals surface area (Å²) in [5.41, 5.74) is 2.46. The van der Waals surface area contributed by atoms with E-state index in [1.165, 1.54) is 24.3 Å². The first-order chi connectivity index (χ1) is 13.1. The number of ether oxygens (including phenoxy) is 1. The summed E-state index contributed by atoms with van der Waals surface area (Å²) >= 11 is 0. The van der Waals surface area contributed by atoms with Gasteiger partial charge in [-0.15, -0.1) is 0 Å². The van der Waals surface area contributed by atoms with Gasteiger partial charge in [0.2, 0.25) is 5.78 Å². The minimum atomic E-state index is -0.927. The molecular weight excluding hydrogens is 363 g/mol. The summed E-state index contributed by atoms with van der Waals surface area (Å²) < 4.78 is 20.1. The third kappa shape index (κ3) is 4.85. The Bertz CT molecular complexity index is 885. The molecule has 0 saturated carbocycles. The number of benzene rings is 1. The van der Waals surface area contributed by atoms with Crippen LogP contribution >= 0.6 is 0 Å². The first-order valence-corrected chi connectivity index (χ1v) is 9.01. The standard InChI is InChI=1S/C21H25FN2O4/c1-12(2)19(23-20(26)15-6-8-16(22)9-7-15)21(27)28-11-18(25)17-10-13(3)24(5)14(17)4/h6-10,12,19H,11H2,1-5H3,(H,23,26)/t19-/m0/s1. The number of hydrogen-bond donors (Lipinski definition) is 1. The zero-order valence-electron chi connectivity index (χ0n) is 16.7. The molecule has 0 aliphatic heterocycles. The van der Waals surface area contributed by atoms with E-state index < -0.39 is 30.3 Å². The van der Waals surface area contributed by atoms with Crippen molar-refractivity contribution in [3.05, 3.63) is 58.7 Å². The van der Waals surface area contributed by atoms with Gasteiger partial charge < -0.3 is 14.6 Å². The molecule has 28 heavy (non-hydrogen) atoms. The van der Waals surface area contributed by atoms with E-state index in [4.69, 9.17) is 4.74 Å². The highest BCUT2D eigenvalue weighted by molar-refractivity contribution is 6.00. The molecular formula is C21H25FN2O4. The van der Waals surface area contributed by atoms with Crippen LogP contribution in [0.4, 0.5) is 4.39 Å². The molecule has 150 valence electrons. The smallest absolute Gasteiger partial charge is 0.329 e. The van der Waals surface area contributed by atoms with Crippen molar-refractivity contribution in [2.45, 2.75) is 33.7 Å². The van der Waals surface area contributed by atoms with Crippen LogP contribution < -0.4 is 5.32 Å². The minimum Gasteiger partial charge on any atom is -0.456 e. The van der Waals surface area contributed by atoms with Crippen molar-refractivity contribution in [3.63, 3.8) is 0 Å². The maximum atomic E-state index is 13.0. The Hall–Kier alpha value is -2.96. The normalized spacial score (nSPS) is 12.0. The molecule has 0 aliphatic carbocycles. The Morgan fingerprint density at radius 2 is 1.75 bits per heavy atom. The zero-order chi connectivity index (χ0) is 21.0. The highest BCUT2D eigenvalue weighted by Gasteiger charge is 2.27. The Kier molecular flexibility index (Phi) is 6.72. The number of Topliss-reactive ketones (excluding diaryl/α,β-unsaturated/α-hetero) is 1. The number of halogens is 1. The topological polar surface area (TPSA) is 77.4 Å². The van der Waals surface area contributed by atoms with Gasteiger partial charge in [0.1, 0.15) is 11.9 Å². The second-order valence-corrected chi connectivity index (χ2v) is 7.08. The summed E-state index contributed by atoms with van der Waals surface area (Å²) in [6.45, 7) is 6.81. The van der Waals surface area contributed by atoms with Crippen LogP contribution in [0, 0.1) is 25.6 Å². The zero-order valence-corrected chi connectivity index (χ0v) is 16.7. The van der Waals surface area contributed by atoms with Crippen LogP contribution in [0.25, 0.3) is 0 Å². The summed E-state index contributed by atoms with van der Waals surface area (Å²) in [6, 6.07) is 5.82. The van der Waals surface area contributed by atoms with Crippen LogP contribution in [0.5, 0.6) is 0 Å². The molecule has 2 rings (SSSR count). The number of hydrogen-bond acceptors (Lipinski definition) is 4. The molecule has 0 fully saturated rings. The average molecular weight is 388 g/mol. The molecule has 0 spiro atoms. The van der Waals surface area contributed by atoms with E-state index in [1.807, 2.05) is 25.5 Å². The highest BCUT2D eigenvalue weighted by atomic mass is 19.1. The third-order valence-electron chi connectivity index (χ3n) is 4.73. The van der Waals surface area contributed by atoms with Gasteiger partial charge in [-0.25, -0.2) is 9.18 Å². The van der Waals surface area contributed by atoms with Crippen LogP contribution in [-0.2, 0) is 16.6 Å². The fourth-order valence-corrected chi connectivity index (χ4v) is 2.77. The fourth-order valence-electron chi connectivity index (χ4n) is 2.77. The van der Waals surface area contributed by atoms with Crippen molar-refractivity contribution in [1.29, 1.82) is 0 Å². The monoisotopic (exact) mass is 388 g/mol. The second kappa shape index (κ2) is 8.82. The SMILES string of the molecule is Cc1cc(C(=O)COC(=O)[C@@H](NC(=O)c2ccc(F)cc2)C(C)C)c(C)n1C. The molecule has 2 aromatic rings.